The van der Waals surface area contributed by atoms with Gasteiger partial charge in [0.05, 0.1) is 0 Å². The minimum absolute atomic E-state index is 1.01. The van der Waals surface area contributed by atoms with E-state index in [0.29, 0.717) is 0 Å². The normalized spacial score (nSPS) is 30.6. The van der Waals surface area contributed by atoms with Crippen molar-refractivity contribution in [2.45, 2.75) is 6.42 Å². The fraction of sp³-hybridized carbons (Fsp3) is 0.500. The van der Waals surface area contributed by atoms with Gasteiger partial charge in [-0.25, -0.2) is 0 Å². The maximum absolute atomic E-state index is 5.79. The summed E-state index contributed by atoms with van der Waals surface area (Å²) in [4.78, 5) is 0. The first-order valence-corrected chi connectivity index (χ1v) is 6.57. The Bertz CT molecular complexity index is 97.9. The quantitative estimate of drug-likeness (QED) is 0.474. The van der Waals surface area contributed by atoms with Crippen molar-refractivity contribution in [3.05, 3.63) is 11.9 Å². The second-order valence-electron chi connectivity index (χ2n) is 1.70. The molecule has 1 heterocycles. The Morgan fingerprint density at radius 2 is 2.14 bits per heavy atom. The van der Waals surface area contributed by atoms with Crippen LogP contribution < -0.4 is 0 Å². The van der Waals surface area contributed by atoms with Crippen molar-refractivity contribution in [3.63, 3.8) is 0 Å². The minimum atomic E-state index is -1.78. The molecule has 0 saturated heterocycles. The third kappa shape index (κ3) is 1.60. The van der Waals surface area contributed by atoms with E-state index in [0.717, 1.165) is 12.6 Å². The third-order valence-corrected chi connectivity index (χ3v) is 4.57. The second-order valence-corrected chi connectivity index (χ2v) is 8.68. The van der Waals surface area contributed by atoms with E-state index in [4.69, 9.17) is 22.5 Å². The molecule has 0 aromatic rings. The molecular formula is C4H7Cl2P. The van der Waals surface area contributed by atoms with Crippen LogP contribution >= 0.6 is 28.4 Å². The molecular weight excluding hydrogens is 150 g/mol. The first-order valence-electron chi connectivity index (χ1n) is 2.26. The van der Waals surface area contributed by atoms with Gasteiger partial charge in [0.15, 0.2) is 0 Å². The van der Waals surface area contributed by atoms with Crippen LogP contribution in [0.5, 0.6) is 0 Å². The van der Waals surface area contributed by atoms with Gasteiger partial charge in [0, 0.05) is 0 Å². The molecule has 0 unspecified atom stereocenters. The molecule has 1 aliphatic heterocycles. The van der Waals surface area contributed by atoms with Crippen LogP contribution in [0.3, 0.4) is 0 Å². The van der Waals surface area contributed by atoms with Gasteiger partial charge >= 0.3 is 52.9 Å². The number of hydrogen-bond acceptors (Lipinski definition) is 0. The van der Waals surface area contributed by atoms with Crippen LogP contribution in [-0.2, 0) is 0 Å². The molecule has 0 fully saturated rings. The number of halogens is 2. The summed E-state index contributed by atoms with van der Waals surface area (Å²) in [7, 11) is 0. The van der Waals surface area contributed by atoms with Gasteiger partial charge in [-0.15, -0.1) is 0 Å². The fourth-order valence-corrected chi connectivity index (χ4v) is 3.03. The van der Waals surface area contributed by atoms with E-state index in [-0.39, 0.29) is 0 Å². The van der Waals surface area contributed by atoms with Crippen molar-refractivity contribution in [1.82, 2.24) is 0 Å². The van der Waals surface area contributed by atoms with E-state index in [1.54, 1.807) is 0 Å². The molecule has 0 bridgehead atoms. The van der Waals surface area contributed by atoms with Crippen molar-refractivity contribution >= 4 is 28.4 Å². The van der Waals surface area contributed by atoms with Gasteiger partial charge < -0.3 is 0 Å². The molecule has 0 saturated carbocycles. The predicted molar refractivity (Wildman–Crippen MR) is 38.6 cm³/mol. The molecule has 0 nitrogen and oxygen atoms in total. The maximum atomic E-state index is 5.79. The topological polar surface area (TPSA) is 0 Å². The molecule has 0 aromatic heterocycles. The van der Waals surface area contributed by atoms with Crippen LogP contribution in [0.15, 0.2) is 11.9 Å². The zero-order chi connectivity index (χ0) is 5.33. The molecule has 1 aliphatic rings. The first-order chi connectivity index (χ1) is 3.21. The van der Waals surface area contributed by atoms with Crippen LogP contribution in [0.4, 0.5) is 0 Å². The van der Waals surface area contributed by atoms with Crippen molar-refractivity contribution in [2.24, 2.45) is 0 Å². The van der Waals surface area contributed by atoms with Crippen LogP contribution in [-0.4, -0.2) is 6.16 Å². The summed E-state index contributed by atoms with van der Waals surface area (Å²) in [5.41, 5.74) is 0. The van der Waals surface area contributed by atoms with Gasteiger partial charge in [-0.05, 0) is 0 Å². The zero-order valence-electron chi connectivity index (χ0n) is 3.82. The van der Waals surface area contributed by atoms with E-state index in [1.165, 1.54) is 0 Å². The van der Waals surface area contributed by atoms with Gasteiger partial charge in [-0.3, -0.25) is 0 Å². The van der Waals surface area contributed by atoms with Crippen molar-refractivity contribution in [3.8, 4) is 0 Å². The second kappa shape index (κ2) is 1.93. The first kappa shape index (κ1) is 5.88. The van der Waals surface area contributed by atoms with Crippen LogP contribution in [0.25, 0.3) is 0 Å². The monoisotopic (exact) mass is 156 g/mol. The summed E-state index contributed by atoms with van der Waals surface area (Å²) in [6.45, 7) is 0. The summed E-state index contributed by atoms with van der Waals surface area (Å²) in [5, 5.41) is 0. The van der Waals surface area contributed by atoms with Crippen LogP contribution in [0.2, 0.25) is 0 Å². The van der Waals surface area contributed by atoms with Crippen molar-refractivity contribution in [2.75, 3.05) is 6.16 Å². The number of allylic oxidation sites excluding steroid dienone is 1. The molecule has 1 rings (SSSR count). The molecule has 3 heteroatoms. The summed E-state index contributed by atoms with van der Waals surface area (Å²) < 4.78 is 0. The fourth-order valence-electron chi connectivity index (χ4n) is 0.615. The van der Waals surface area contributed by atoms with Gasteiger partial charge in [0.2, 0.25) is 0 Å². The standard InChI is InChI=1S/C4H7Cl2P/c5-7(6)3-1-2-4-7/h1,3,7H,2,4H2. The average molecular weight is 157 g/mol. The molecule has 0 atom stereocenters. The Labute approximate surface area is 53.4 Å². The molecule has 0 spiro atoms. The Hall–Kier alpha value is 0.750. The average Bonchev–Trinajstić information content (AvgIpc) is 1.84. The molecule has 0 N–H and O–H groups in total. The van der Waals surface area contributed by atoms with E-state index in [2.05, 4.69) is 6.08 Å². The van der Waals surface area contributed by atoms with Gasteiger partial charge in [0.1, 0.15) is 0 Å². The zero-order valence-corrected chi connectivity index (χ0v) is 6.34. The number of hydrogen-bond donors (Lipinski definition) is 0. The van der Waals surface area contributed by atoms with Crippen molar-refractivity contribution in [1.29, 1.82) is 0 Å². The van der Waals surface area contributed by atoms with Gasteiger partial charge in [-0.1, -0.05) is 0 Å². The van der Waals surface area contributed by atoms with E-state index in [9.17, 15) is 0 Å². The van der Waals surface area contributed by atoms with Gasteiger partial charge in [-0.2, -0.15) is 0 Å². The Balaban J connectivity index is 2.57. The Morgan fingerprint density at radius 1 is 1.43 bits per heavy atom. The van der Waals surface area contributed by atoms with E-state index < -0.39 is 5.97 Å². The Morgan fingerprint density at radius 3 is 2.29 bits per heavy atom. The van der Waals surface area contributed by atoms with E-state index in [1.807, 2.05) is 5.82 Å². The molecule has 7 heavy (non-hydrogen) atoms. The number of rotatable bonds is 0. The van der Waals surface area contributed by atoms with Crippen molar-refractivity contribution < 1.29 is 0 Å². The predicted octanol–water partition coefficient (Wildman–Crippen LogP) is 2.96. The summed E-state index contributed by atoms with van der Waals surface area (Å²) in [6, 6.07) is 0. The van der Waals surface area contributed by atoms with E-state index >= 15 is 0 Å². The summed E-state index contributed by atoms with van der Waals surface area (Å²) >= 11 is 11.6. The Kier molecular flexibility index (Phi) is 1.62. The third-order valence-electron chi connectivity index (χ3n) is 1.01. The van der Waals surface area contributed by atoms with Crippen LogP contribution in [0.1, 0.15) is 6.42 Å². The summed E-state index contributed by atoms with van der Waals surface area (Å²) in [5.74, 6) is 0.192. The molecule has 0 radical (unpaired) electrons. The van der Waals surface area contributed by atoms with Gasteiger partial charge in [0.25, 0.3) is 0 Å². The molecule has 42 valence electrons. The van der Waals surface area contributed by atoms with Crippen LogP contribution in [0, 0.1) is 0 Å². The molecule has 0 aromatic carbocycles. The molecule has 0 aliphatic carbocycles. The molecule has 0 amide bonds. The SMILES string of the molecule is Cl[PH]1(Cl)C=CCC1. The summed E-state index contributed by atoms with van der Waals surface area (Å²) in [6.07, 6.45) is 4.15.